The fraction of sp³-hybridized carbons (Fsp3) is 0. The topological polar surface area (TPSA) is 12.9 Å². The molecule has 0 amide bonds. The number of aromatic nitrogens is 1. The summed E-state index contributed by atoms with van der Waals surface area (Å²) in [7, 11) is 0. The van der Waals surface area contributed by atoms with Crippen LogP contribution in [0.15, 0.2) is 79.6 Å². The Morgan fingerprint density at radius 3 is 1.50 bits per heavy atom. The Bertz CT molecular complexity index is 549. The van der Waals surface area contributed by atoms with Crippen LogP contribution in [0.4, 0.5) is 0 Å². The van der Waals surface area contributed by atoms with Gasteiger partial charge in [-0.1, -0.05) is 61.2 Å². The lowest BCUT2D eigenvalue weighted by Gasteiger charge is -1.92. The van der Waals surface area contributed by atoms with Crippen molar-refractivity contribution in [1.29, 1.82) is 0 Å². The van der Waals surface area contributed by atoms with Crippen LogP contribution in [0.5, 0.6) is 0 Å². The average molecular weight is 233 g/mol. The summed E-state index contributed by atoms with van der Waals surface area (Å²) in [6.45, 7) is 3.60. The highest BCUT2D eigenvalue weighted by Crippen LogP contribution is 2.11. The molecule has 0 unspecified atom stereocenters. The van der Waals surface area contributed by atoms with Gasteiger partial charge in [-0.3, -0.25) is 4.98 Å². The summed E-state index contributed by atoms with van der Waals surface area (Å²) < 4.78 is 0. The molecule has 0 aliphatic carbocycles. The molecule has 1 heteroatoms. The molecular formula is C17H15N. The maximum Gasteiger partial charge on any atom is 0.0273 e. The first-order valence-corrected chi connectivity index (χ1v) is 5.86. The summed E-state index contributed by atoms with van der Waals surface area (Å²) in [4.78, 5) is 3.85. The first-order valence-electron chi connectivity index (χ1n) is 5.86. The molecule has 0 aliphatic heterocycles. The molecule has 0 N–H and O–H groups in total. The van der Waals surface area contributed by atoms with Crippen molar-refractivity contribution >= 4 is 16.8 Å². The van der Waals surface area contributed by atoms with E-state index in [0.29, 0.717) is 0 Å². The zero-order chi connectivity index (χ0) is 12.6. The van der Waals surface area contributed by atoms with E-state index >= 15 is 0 Å². The molecule has 0 atom stereocenters. The molecule has 3 rings (SSSR count). The predicted octanol–water partition coefficient (Wildman–Crippen LogP) is 4.56. The third-order valence-corrected chi connectivity index (χ3v) is 2.60. The Morgan fingerprint density at radius 2 is 1.17 bits per heavy atom. The van der Waals surface area contributed by atoms with Crippen molar-refractivity contribution in [3.63, 3.8) is 0 Å². The van der Waals surface area contributed by atoms with Gasteiger partial charge in [-0.25, -0.2) is 0 Å². The van der Waals surface area contributed by atoms with E-state index in [1.165, 1.54) is 10.8 Å². The number of fused-ring (bicyclic) bond motifs is 1. The van der Waals surface area contributed by atoms with E-state index in [9.17, 15) is 0 Å². The highest BCUT2D eigenvalue weighted by atomic mass is 14.6. The minimum Gasteiger partial charge on any atom is -0.265 e. The van der Waals surface area contributed by atoms with Crippen LogP contribution in [0.25, 0.3) is 16.8 Å². The fourth-order valence-corrected chi connectivity index (χ4v) is 1.63. The zero-order valence-electron chi connectivity index (χ0n) is 10.2. The summed E-state index contributed by atoms with van der Waals surface area (Å²) >= 11 is 0. The van der Waals surface area contributed by atoms with Crippen LogP contribution in [0.2, 0.25) is 0 Å². The maximum atomic E-state index is 3.85. The van der Waals surface area contributed by atoms with Gasteiger partial charge in [0.1, 0.15) is 0 Å². The summed E-state index contributed by atoms with van der Waals surface area (Å²) in [6.07, 6.45) is 5.29. The molecule has 1 heterocycles. The van der Waals surface area contributed by atoms with Crippen molar-refractivity contribution in [2.24, 2.45) is 0 Å². The Labute approximate surface area is 107 Å². The SMILES string of the molecule is C=Cc1ccncc1.c1ccc2ccccc2c1. The van der Waals surface area contributed by atoms with Crippen molar-refractivity contribution in [3.8, 4) is 0 Å². The number of hydrogen-bond donors (Lipinski definition) is 0. The van der Waals surface area contributed by atoms with Gasteiger partial charge in [0.15, 0.2) is 0 Å². The van der Waals surface area contributed by atoms with E-state index < -0.39 is 0 Å². The predicted molar refractivity (Wildman–Crippen MR) is 78.3 cm³/mol. The molecule has 2 aromatic carbocycles. The average Bonchev–Trinajstić information content (AvgIpc) is 2.49. The van der Waals surface area contributed by atoms with Crippen LogP contribution in [-0.2, 0) is 0 Å². The first-order chi connectivity index (χ1) is 8.90. The van der Waals surface area contributed by atoms with Crippen molar-refractivity contribution < 1.29 is 0 Å². The zero-order valence-corrected chi connectivity index (χ0v) is 10.2. The molecule has 88 valence electrons. The van der Waals surface area contributed by atoms with Crippen molar-refractivity contribution in [3.05, 3.63) is 85.2 Å². The number of benzene rings is 2. The molecule has 18 heavy (non-hydrogen) atoms. The molecule has 0 saturated heterocycles. The van der Waals surface area contributed by atoms with Gasteiger partial charge in [0.2, 0.25) is 0 Å². The van der Waals surface area contributed by atoms with E-state index in [-0.39, 0.29) is 0 Å². The lowest BCUT2D eigenvalue weighted by molar-refractivity contribution is 1.32. The number of rotatable bonds is 1. The van der Waals surface area contributed by atoms with Gasteiger partial charge >= 0.3 is 0 Å². The molecule has 0 spiro atoms. The Morgan fingerprint density at radius 1 is 0.722 bits per heavy atom. The maximum absolute atomic E-state index is 3.85. The Hall–Kier alpha value is -2.41. The van der Waals surface area contributed by atoms with E-state index in [0.717, 1.165) is 5.56 Å². The Kier molecular flexibility index (Phi) is 4.26. The second kappa shape index (κ2) is 6.36. The van der Waals surface area contributed by atoms with Crippen molar-refractivity contribution in [2.45, 2.75) is 0 Å². The Balaban J connectivity index is 0.000000138. The third-order valence-electron chi connectivity index (χ3n) is 2.60. The molecule has 0 aliphatic rings. The van der Waals surface area contributed by atoms with Gasteiger partial charge in [0, 0.05) is 12.4 Å². The summed E-state index contributed by atoms with van der Waals surface area (Å²) in [5.41, 5.74) is 1.11. The number of nitrogens with zero attached hydrogens (tertiary/aromatic N) is 1. The summed E-state index contributed by atoms with van der Waals surface area (Å²) in [6, 6.07) is 20.5. The minimum absolute atomic E-state index is 1.11. The smallest absolute Gasteiger partial charge is 0.0273 e. The molecule has 1 aromatic heterocycles. The third kappa shape index (κ3) is 3.29. The highest BCUT2D eigenvalue weighted by Gasteiger charge is 1.85. The molecule has 0 saturated carbocycles. The van der Waals surface area contributed by atoms with E-state index in [4.69, 9.17) is 0 Å². The van der Waals surface area contributed by atoms with Crippen LogP contribution in [0.1, 0.15) is 5.56 Å². The van der Waals surface area contributed by atoms with E-state index in [1.54, 1.807) is 18.5 Å². The van der Waals surface area contributed by atoms with Gasteiger partial charge in [-0.05, 0) is 28.5 Å². The van der Waals surface area contributed by atoms with Gasteiger partial charge in [-0.2, -0.15) is 0 Å². The van der Waals surface area contributed by atoms with Gasteiger partial charge < -0.3 is 0 Å². The quantitative estimate of drug-likeness (QED) is 0.600. The summed E-state index contributed by atoms with van der Waals surface area (Å²) in [5.74, 6) is 0. The lowest BCUT2D eigenvalue weighted by atomic mass is 10.1. The molecule has 0 fully saturated rings. The monoisotopic (exact) mass is 233 g/mol. The second-order valence-electron chi connectivity index (χ2n) is 3.83. The van der Waals surface area contributed by atoms with Crippen LogP contribution >= 0.6 is 0 Å². The normalized spacial score (nSPS) is 9.33. The number of hydrogen-bond acceptors (Lipinski definition) is 1. The molecule has 0 radical (unpaired) electrons. The minimum atomic E-state index is 1.11. The molecule has 3 aromatic rings. The van der Waals surface area contributed by atoms with Gasteiger partial charge in [-0.15, -0.1) is 0 Å². The largest absolute Gasteiger partial charge is 0.265 e. The van der Waals surface area contributed by atoms with Crippen LogP contribution in [0.3, 0.4) is 0 Å². The highest BCUT2D eigenvalue weighted by molar-refractivity contribution is 5.81. The van der Waals surface area contributed by atoms with Gasteiger partial charge in [0.25, 0.3) is 0 Å². The van der Waals surface area contributed by atoms with Crippen molar-refractivity contribution in [1.82, 2.24) is 4.98 Å². The first kappa shape index (κ1) is 12.1. The molecule has 0 bridgehead atoms. The fourth-order valence-electron chi connectivity index (χ4n) is 1.63. The lowest BCUT2D eigenvalue weighted by Crippen LogP contribution is -1.69. The second-order valence-corrected chi connectivity index (χ2v) is 3.83. The summed E-state index contributed by atoms with van der Waals surface area (Å²) in [5, 5.41) is 2.62. The standard InChI is InChI=1S/C10H8.C7H7N/c1-2-6-10-8-4-3-7-9(10)5-1;1-2-7-3-5-8-6-4-7/h1-8H;2-6H,1H2. The molecule has 1 nitrogen and oxygen atoms in total. The molecular weight excluding hydrogens is 218 g/mol. The van der Waals surface area contributed by atoms with E-state index in [2.05, 4.69) is 60.1 Å². The van der Waals surface area contributed by atoms with Crippen molar-refractivity contribution in [2.75, 3.05) is 0 Å². The van der Waals surface area contributed by atoms with E-state index in [1.807, 2.05) is 12.1 Å². The number of pyridine rings is 1. The van der Waals surface area contributed by atoms with Crippen LogP contribution < -0.4 is 0 Å². The van der Waals surface area contributed by atoms with Crippen LogP contribution in [-0.4, -0.2) is 4.98 Å². The van der Waals surface area contributed by atoms with Crippen LogP contribution in [0, 0.1) is 0 Å². The van der Waals surface area contributed by atoms with Gasteiger partial charge in [0.05, 0.1) is 0 Å².